The van der Waals surface area contributed by atoms with Crippen LogP contribution in [0, 0.1) is 5.92 Å². The van der Waals surface area contributed by atoms with Gasteiger partial charge < -0.3 is 14.9 Å². The molecule has 2 saturated heterocycles. The van der Waals surface area contributed by atoms with Crippen LogP contribution in [0.5, 0.6) is 0 Å². The number of aliphatic hydroxyl groups is 1. The van der Waals surface area contributed by atoms with E-state index in [1.54, 1.807) is 0 Å². The monoisotopic (exact) mass is 357 g/mol. The maximum absolute atomic E-state index is 13.0. The molecule has 1 amide bonds. The van der Waals surface area contributed by atoms with E-state index in [1.807, 2.05) is 17.0 Å². The zero-order chi connectivity index (χ0) is 17.9. The fraction of sp³-hybridized carbons (Fsp3) is 0.667. The molecule has 26 heavy (non-hydrogen) atoms. The summed E-state index contributed by atoms with van der Waals surface area (Å²) in [6.45, 7) is 6.04. The number of rotatable bonds is 6. The van der Waals surface area contributed by atoms with Crippen LogP contribution in [-0.4, -0.2) is 72.7 Å². The molecule has 5 heteroatoms. The Morgan fingerprint density at radius 1 is 1.04 bits per heavy atom. The van der Waals surface area contributed by atoms with Crippen molar-refractivity contribution in [2.45, 2.75) is 38.1 Å². The highest BCUT2D eigenvalue weighted by Gasteiger charge is 2.33. The molecule has 3 fully saturated rings. The number of benzene rings is 1. The number of carbonyl (C=O) groups is 1. The van der Waals surface area contributed by atoms with Gasteiger partial charge >= 0.3 is 0 Å². The lowest BCUT2D eigenvalue weighted by atomic mass is 10.1. The average molecular weight is 357 g/mol. The van der Waals surface area contributed by atoms with Crippen LogP contribution in [0.25, 0.3) is 0 Å². The molecule has 1 saturated carbocycles. The zero-order valence-electron chi connectivity index (χ0n) is 15.6. The summed E-state index contributed by atoms with van der Waals surface area (Å²) >= 11 is 0. The maximum Gasteiger partial charge on any atom is 0.253 e. The van der Waals surface area contributed by atoms with Crippen LogP contribution in [-0.2, 0) is 0 Å². The smallest absolute Gasteiger partial charge is 0.253 e. The molecule has 0 aromatic heterocycles. The molecule has 1 aliphatic carbocycles. The topological polar surface area (TPSA) is 47.0 Å². The Hall–Kier alpha value is -1.59. The Kier molecular flexibility index (Phi) is 5.46. The molecule has 142 valence electrons. The van der Waals surface area contributed by atoms with Crippen molar-refractivity contribution in [3.63, 3.8) is 0 Å². The van der Waals surface area contributed by atoms with Gasteiger partial charge in [0.15, 0.2) is 0 Å². The van der Waals surface area contributed by atoms with Crippen LogP contribution in [0.2, 0.25) is 0 Å². The molecule has 1 aromatic carbocycles. The lowest BCUT2D eigenvalue weighted by molar-refractivity contribution is 0.0407. The highest BCUT2D eigenvalue weighted by Crippen LogP contribution is 2.31. The molecule has 0 bridgehead atoms. The molecule has 2 aliphatic heterocycles. The third-order valence-electron chi connectivity index (χ3n) is 6.13. The Bertz CT molecular complexity index is 608. The molecule has 0 spiro atoms. The van der Waals surface area contributed by atoms with Crippen LogP contribution >= 0.6 is 0 Å². The van der Waals surface area contributed by atoms with E-state index in [0.29, 0.717) is 6.04 Å². The first-order chi connectivity index (χ1) is 12.7. The second-order valence-corrected chi connectivity index (χ2v) is 8.10. The van der Waals surface area contributed by atoms with E-state index in [9.17, 15) is 9.90 Å². The van der Waals surface area contributed by atoms with Crippen molar-refractivity contribution in [2.75, 3.05) is 50.8 Å². The highest BCUT2D eigenvalue weighted by molar-refractivity contribution is 5.94. The van der Waals surface area contributed by atoms with Gasteiger partial charge in [0.05, 0.1) is 0 Å². The van der Waals surface area contributed by atoms with E-state index in [4.69, 9.17) is 0 Å². The van der Waals surface area contributed by atoms with Crippen LogP contribution in [0.1, 0.15) is 42.5 Å². The van der Waals surface area contributed by atoms with E-state index in [2.05, 4.69) is 21.9 Å². The first-order valence-electron chi connectivity index (χ1n) is 10.2. The molecule has 1 aromatic rings. The zero-order valence-corrected chi connectivity index (χ0v) is 15.6. The molecule has 3 aliphatic rings. The summed E-state index contributed by atoms with van der Waals surface area (Å²) in [6, 6.07) is 8.43. The van der Waals surface area contributed by atoms with Gasteiger partial charge in [-0.25, -0.2) is 0 Å². The van der Waals surface area contributed by atoms with Crippen molar-refractivity contribution in [2.24, 2.45) is 5.92 Å². The molecule has 1 atom stereocenters. The minimum atomic E-state index is 0.131. The summed E-state index contributed by atoms with van der Waals surface area (Å²) in [7, 11) is 0. The number of aliphatic hydroxyl groups excluding tert-OH is 1. The first-order valence-corrected chi connectivity index (χ1v) is 10.2. The van der Waals surface area contributed by atoms with Gasteiger partial charge in [0.25, 0.3) is 5.91 Å². The summed E-state index contributed by atoms with van der Waals surface area (Å²) < 4.78 is 0. The van der Waals surface area contributed by atoms with Crippen molar-refractivity contribution >= 4 is 11.6 Å². The summed E-state index contributed by atoms with van der Waals surface area (Å²) in [6.07, 6.45) is 5.96. The highest BCUT2D eigenvalue weighted by atomic mass is 16.3. The number of hydrogen-bond donors (Lipinski definition) is 1. The van der Waals surface area contributed by atoms with Gasteiger partial charge in [-0.1, -0.05) is 0 Å². The normalized spacial score (nSPS) is 24.3. The predicted octanol–water partition coefficient (Wildman–Crippen LogP) is 2.21. The number of carbonyl (C=O) groups excluding carboxylic acids is 1. The van der Waals surface area contributed by atoms with E-state index in [0.717, 1.165) is 57.2 Å². The molecule has 4 rings (SSSR count). The van der Waals surface area contributed by atoms with Crippen molar-refractivity contribution in [3.05, 3.63) is 29.8 Å². The second-order valence-electron chi connectivity index (χ2n) is 8.10. The van der Waals surface area contributed by atoms with E-state index >= 15 is 0 Å². The van der Waals surface area contributed by atoms with Crippen LogP contribution in [0.3, 0.4) is 0 Å². The quantitative estimate of drug-likeness (QED) is 0.848. The first kappa shape index (κ1) is 17.8. The maximum atomic E-state index is 13.0. The van der Waals surface area contributed by atoms with E-state index in [1.165, 1.54) is 31.4 Å². The SMILES string of the molecule is O=C(c1ccc(N2CCCC2)cc1)N1CCN(CC2CC2)[C@H](CCO)C1. The van der Waals surface area contributed by atoms with Gasteiger partial charge in [-0.2, -0.15) is 0 Å². The van der Waals surface area contributed by atoms with E-state index < -0.39 is 0 Å². The standard InChI is InChI=1S/C21H31N3O2/c25-14-9-20-16-24(13-12-23(20)15-17-3-4-17)21(26)18-5-7-19(8-6-18)22-10-1-2-11-22/h5-8,17,20,25H,1-4,9-16H2/t20-/m1/s1. The van der Waals surface area contributed by atoms with Crippen molar-refractivity contribution < 1.29 is 9.90 Å². The van der Waals surface area contributed by atoms with Crippen molar-refractivity contribution in [1.29, 1.82) is 0 Å². The minimum Gasteiger partial charge on any atom is -0.396 e. The second kappa shape index (κ2) is 7.97. The molecule has 1 N–H and O–H groups in total. The summed E-state index contributed by atoms with van der Waals surface area (Å²) in [5, 5.41) is 9.43. The molecular weight excluding hydrogens is 326 g/mol. The Morgan fingerprint density at radius 3 is 2.42 bits per heavy atom. The summed E-state index contributed by atoms with van der Waals surface area (Å²) in [5.41, 5.74) is 2.01. The van der Waals surface area contributed by atoms with Gasteiger partial charge in [-0.05, 0) is 62.3 Å². The predicted molar refractivity (Wildman–Crippen MR) is 104 cm³/mol. The van der Waals surface area contributed by atoms with Crippen molar-refractivity contribution in [3.8, 4) is 0 Å². The Balaban J connectivity index is 1.39. The number of hydrogen-bond acceptors (Lipinski definition) is 4. The van der Waals surface area contributed by atoms with Gasteiger partial charge in [0.1, 0.15) is 0 Å². The third kappa shape index (κ3) is 4.04. The number of nitrogens with zero attached hydrogens (tertiary/aromatic N) is 3. The largest absolute Gasteiger partial charge is 0.396 e. The molecule has 2 heterocycles. The van der Waals surface area contributed by atoms with Crippen molar-refractivity contribution in [1.82, 2.24) is 9.80 Å². The summed E-state index contributed by atoms with van der Waals surface area (Å²) in [5.74, 6) is 0.976. The van der Waals surface area contributed by atoms with Gasteiger partial charge in [0.2, 0.25) is 0 Å². The minimum absolute atomic E-state index is 0.131. The van der Waals surface area contributed by atoms with Crippen LogP contribution < -0.4 is 4.90 Å². The number of amides is 1. The van der Waals surface area contributed by atoms with Gasteiger partial charge in [-0.3, -0.25) is 9.69 Å². The molecule has 5 nitrogen and oxygen atoms in total. The molecule has 0 radical (unpaired) electrons. The summed E-state index contributed by atoms with van der Waals surface area (Å²) in [4.78, 5) is 19.8. The number of piperazine rings is 1. The van der Waals surface area contributed by atoms with E-state index in [-0.39, 0.29) is 12.5 Å². The fourth-order valence-electron chi connectivity index (χ4n) is 4.35. The fourth-order valence-corrected chi connectivity index (χ4v) is 4.35. The Morgan fingerprint density at radius 2 is 1.77 bits per heavy atom. The van der Waals surface area contributed by atoms with Crippen LogP contribution in [0.15, 0.2) is 24.3 Å². The van der Waals surface area contributed by atoms with Gasteiger partial charge in [0, 0.05) is 63.2 Å². The number of anilines is 1. The lowest BCUT2D eigenvalue weighted by Crippen LogP contribution is -2.55. The third-order valence-corrected chi connectivity index (χ3v) is 6.13. The van der Waals surface area contributed by atoms with Gasteiger partial charge in [-0.15, -0.1) is 0 Å². The molecular formula is C21H31N3O2. The molecule has 0 unspecified atom stereocenters. The average Bonchev–Trinajstić information content (AvgIpc) is 3.32. The van der Waals surface area contributed by atoms with Crippen LogP contribution in [0.4, 0.5) is 5.69 Å². The lowest BCUT2D eigenvalue weighted by Gasteiger charge is -2.41. The Labute approximate surface area is 156 Å².